The molecule has 200 valence electrons. The van der Waals surface area contributed by atoms with Crippen molar-refractivity contribution in [3.63, 3.8) is 0 Å². The van der Waals surface area contributed by atoms with Gasteiger partial charge in [0.15, 0.2) is 0 Å². The highest BCUT2D eigenvalue weighted by atomic mass is 15.1. The van der Waals surface area contributed by atoms with Crippen LogP contribution in [0, 0.1) is 6.92 Å². The van der Waals surface area contributed by atoms with Gasteiger partial charge < -0.3 is 0 Å². The molecular formula is C40H30N2. The summed E-state index contributed by atoms with van der Waals surface area (Å²) in [7, 11) is 0. The number of nitrogens with zero attached hydrogens (tertiary/aromatic N) is 2. The molecule has 7 aromatic rings. The van der Waals surface area contributed by atoms with Crippen LogP contribution >= 0.6 is 0 Å². The van der Waals surface area contributed by atoms with E-state index in [1.54, 1.807) is 0 Å². The first kappa shape index (κ1) is 24.6. The molecule has 1 heterocycles. The summed E-state index contributed by atoms with van der Waals surface area (Å²) in [6.45, 7) is 2.19. The second kappa shape index (κ2) is 10.0. The number of fused-ring (bicyclic) bond motifs is 3. The number of hydrogen-bond acceptors (Lipinski definition) is 1. The maximum Gasteiger partial charge on any atom is 0.145 e. The van der Waals surface area contributed by atoms with E-state index < -0.39 is 0 Å². The zero-order valence-electron chi connectivity index (χ0n) is 23.6. The molecule has 0 amide bonds. The van der Waals surface area contributed by atoms with E-state index in [1.807, 2.05) is 0 Å². The van der Waals surface area contributed by atoms with Crippen molar-refractivity contribution >= 4 is 27.6 Å². The Hall–Kier alpha value is -5.21. The lowest BCUT2D eigenvalue weighted by atomic mass is 9.85. The molecular weight excluding hydrogens is 508 g/mol. The smallest absolute Gasteiger partial charge is 0.145 e. The van der Waals surface area contributed by atoms with E-state index in [4.69, 9.17) is 4.98 Å². The lowest BCUT2D eigenvalue weighted by Gasteiger charge is -2.19. The Morgan fingerprint density at radius 2 is 1.17 bits per heavy atom. The fourth-order valence-electron chi connectivity index (χ4n) is 6.59. The molecule has 0 unspecified atom stereocenters. The molecule has 8 rings (SSSR count). The van der Waals surface area contributed by atoms with E-state index in [2.05, 4.69) is 151 Å². The summed E-state index contributed by atoms with van der Waals surface area (Å²) in [4.78, 5) is 5.12. The van der Waals surface area contributed by atoms with Crippen LogP contribution in [0.2, 0.25) is 0 Å². The van der Waals surface area contributed by atoms with Crippen molar-refractivity contribution in [2.75, 3.05) is 0 Å². The molecule has 0 saturated heterocycles. The van der Waals surface area contributed by atoms with Crippen LogP contribution in [0.4, 0.5) is 0 Å². The van der Waals surface area contributed by atoms with Crippen LogP contribution < -0.4 is 0 Å². The summed E-state index contributed by atoms with van der Waals surface area (Å²) in [6.07, 6.45) is 6.51. The van der Waals surface area contributed by atoms with Gasteiger partial charge in [0.05, 0.1) is 11.4 Å². The molecule has 0 bridgehead atoms. The second-order valence-electron chi connectivity index (χ2n) is 11.2. The molecule has 0 radical (unpaired) electrons. The van der Waals surface area contributed by atoms with Gasteiger partial charge in [-0.15, -0.1) is 0 Å². The number of rotatable bonds is 4. The zero-order chi connectivity index (χ0) is 28.0. The molecule has 2 heteroatoms. The quantitative estimate of drug-likeness (QED) is 0.204. The third-order valence-corrected chi connectivity index (χ3v) is 8.50. The van der Waals surface area contributed by atoms with Crippen molar-refractivity contribution in [3.8, 4) is 39.3 Å². The average molecular weight is 539 g/mol. The van der Waals surface area contributed by atoms with Gasteiger partial charge in [-0.25, -0.2) is 4.98 Å². The van der Waals surface area contributed by atoms with Crippen molar-refractivity contribution in [2.45, 2.75) is 19.8 Å². The van der Waals surface area contributed by atoms with Gasteiger partial charge in [-0.2, -0.15) is 0 Å². The van der Waals surface area contributed by atoms with Crippen LogP contribution in [-0.4, -0.2) is 9.55 Å². The fraction of sp³-hybridized carbons (Fsp3) is 0.0750. The molecule has 42 heavy (non-hydrogen) atoms. The Kier molecular flexibility index (Phi) is 5.86. The van der Waals surface area contributed by atoms with Crippen LogP contribution in [0.25, 0.3) is 66.9 Å². The number of imidazole rings is 1. The highest BCUT2D eigenvalue weighted by Crippen LogP contribution is 2.44. The molecule has 0 aliphatic heterocycles. The van der Waals surface area contributed by atoms with Crippen LogP contribution in [0.1, 0.15) is 23.4 Å². The van der Waals surface area contributed by atoms with Crippen LogP contribution in [0.3, 0.4) is 0 Å². The Labute approximate surface area is 246 Å². The van der Waals surface area contributed by atoms with Gasteiger partial charge in [0, 0.05) is 11.3 Å². The monoisotopic (exact) mass is 538 g/mol. The minimum atomic E-state index is 0.974. The average Bonchev–Trinajstić information content (AvgIpc) is 3.44. The predicted molar refractivity (Wildman–Crippen MR) is 177 cm³/mol. The van der Waals surface area contributed by atoms with Gasteiger partial charge >= 0.3 is 0 Å². The molecule has 0 atom stereocenters. The van der Waals surface area contributed by atoms with Gasteiger partial charge in [-0.1, -0.05) is 127 Å². The summed E-state index contributed by atoms with van der Waals surface area (Å²) in [6, 6.07) is 46.2. The third-order valence-electron chi connectivity index (χ3n) is 8.50. The Bertz CT molecular complexity index is 2120. The lowest BCUT2D eigenvalue weighted by Crippen LogP contribution is -2.02. The summed E-state index contributed by atoms with van der Waals surface area (Å²) in [5, 5.41) is 5.12. The Balaban J connectivity index is 1.35. The number of aromatic nitrogens is 2. The summed E-state index contributed by atoms with van der Waals surface area (Å²) in [5.74, 6) is 0.999. The topological polar surface area (TPSA) is 17.8 Å². The molecule has 0 fully saturated rings. The summed E-state index contributed by atoms with van der Waals surface area (Å²) >= 11 is 0. The van der Waals surface area contributed by atoms with E-state index >= 15 is 0 Å². The van der Waals surface area contributed by atoms with Crippen molar-refractivity contribution in [3.05, 3.63) is 150 Å². The molecule has 1 aromatic heterocycles. The molecule has 0 N–H and O–H groups in total. The fourth-order valence-corrected chi connectivity index (χ4v) is 6.59. The van der Waals surface area contributed by atoms with Crippen molar-refractivity contribution in [1.29, 1.82) is 0 Å². The van der Waals surface area contributed by atoms with E-state index in [1.165, 1.54) is 60.8 Å². The first-order valence-corrected chi connectivity index (χ1v) is 14.7. The lowest BCUT2D eigenvalue weighted by molar-refractivity contribution is 0.936. The number of aryl methyl sites for hydroxylation is 2. The number of allylic oxidation sites excluding steroid dienone is 1. The minimum Gasteiger partial charge on any atom is -0.293 e. The van der Waals surface area contributed by atoms with E-state index in [9.17, 15) is 0 Å². The van der Waals surface area contributed by atoms with Crippen molar-refractivity contribution in [1.82, 2.24) is 9.55 Å². The minimum absolute atomic E-state index is 0.974. The maximum absolute atomic E-state index is 5.12. The highest BCUT2D eigenvalue weighted by molar-refractivity contribution is 6.21. The zero-order valence-corrected chi connectivity index (χ0v) is 23.6. The second-order valence-corrected chi connectivity index (χ2v) is 11.2. The van der Waals surface area contributed by atoms with Gasteiger partial charge in [0.2, 0.25) is 0 Å². The van der Waals surface area contributed by atoms with E-state index in [-0.39, 0.29) is 0 Å². The van der Waals surface area contributed by atoms with Gasteiger partial charge in [-0.3, -0.25) is 4.57 Å². The molecule has 1 aliphatic rings. The predicted octanol–water partition coefficient (Wildman–Crippen LogP) is 10.4. The first-order valence-electron chi connectivity index (χ1n) is 14.7. The SMILES string of the molecule is Cc1ccc2c(-c3ccccc3)c3ccccc3c(-c3ccc(-n4c(-c5ccccc5)nc5c4C=CCC5)cc3)c2c1. The van der Waals surface area contributed by atoms with E-state index in [0.29, 0.717) is 0 Å². The maximum atomic E-state index is 5.12. The molecule has 6 aromatic carbocycles. The summed E-state index contributed by atoms with van der Waals surface area (Å²) in [5.41, 5.74) is 10.9. The van der Waals surface area contributed by atoms with Crippen LogP contribution in [0.15, 0.2) is 133 Å². The number of hydrogen-bond donors (Lipinski definition) is 0. The normalized spacial score (nSPS) is 12.6. The first-order chi connectivity index (χ1) is 20.8. The van der Waals surface area contributed by atoms with Crippen molar-refractivity contribution in [2.24, 2.45) is 0 Å². The van der Waals surface area contributed by atoms with E-state index in [0.717, 1.165) is 29.9 Å². The number of benzene rings is 6. The molecule has 1 aliphatic carbocycles. The summed E-state index contributed by atoms with van der Waals surface area (Å²) < 4.78 is 2.32. The van der Waals surface area contributed by atoms with Crippen LogP contribution in [-0.2, 0) is 6.42 Å². The van der Waals surface area contributed by atoms with Gasteiger partial charge in [0.1, 0.15) is 5.82 Å². The van der Waals surface area contributed by atoms with Crippen molar-refractivity contribution < 1.29 is 0 Å². The third kappa shape index (κ3) is 3.99. The Morgan fingerprint density at radius 1 is 0.571 bits per heavy atom. The Morgan fingerprint density at radius 3 is 1.88 bits per heavy atom. The standard InChI is InChI=1S/C40H30N2/c1-27-20-25-34-35(26-27)39(33-17-9-8-16-32(33)38(34)28-12-4-2-5-13-28)29-21-23-31(24-22-29)42-37-19-11-10-18-36(37)41-40(42)30-14-6-3-7-15-30/h2-9,11-17,19-26H,10,18H2,1H3. The van der Waals surface area contributed by atoms with Gasteiger partial charge in [0.25, 0.3) is 0 Å². The van der Waals surface area contributed by atoms with Gasteiger partial charge in [-0.05, 0) is 81.8 Å². The largest absolute Gasteiger partial charge is 0.293 e. The van der Waals surface area contributed by atoms with Crippen LogP contribution in [0.5, 0.6) is 0 Å². The highest BCUT2D eigenvalue weighted by Gasteiger charge is 2.21. The molecule has 2 nitrogen and oxygen atoms in total. The molecule has 0 saturated carbocycles. The molecule has 0 spiro atoms.